The Morgan fingerprint density at radius 2 is 2.04 bits per heavy atom. The van der Waals surface area contributed by atoms with Gasteiger partial charge in [0.2, 0.25) is 5.91 Å². The summed E-state index contributed by atoms with van der Waals surface area (Å²) >= 11 is 0. The first-order valence-electron chi connectivity index (χ1n) is 8.67. The van der Waals surface area contributed by atoms with Gasteiger partial charge in [-0.3, -0.25) is 4.79 Å². The summed E-state index contributed by atoms with van der Waals surface area (Å²) in [5, 5.41) is 1.15. The predicted molar refractivity (Wildman–Crippen MR) is 94.0 cm³/mol. The van der Waals surface area contributed by atoms with Crippen molar-refractivity contribution < 1.29 is 14.3 Å². The van der Waals surface area contributed by atoms with Crippen molar-refractivity contribution in [2.24, 2.45) is 5.92 Å². The molecule has 24 heavy (non-hydrogen) atoms. The van der Waals surface area contributed by atoms with Gasteiger partial charge in [0.05, 0.1) is 19.6 Å². The Bertz CT molecular complexity index is 659. The molecule has 2 heterocycles. The van der Waals surface area contributed by atoms with E-state index in [-0.39, 0.29) is 5.91 Å². The third-order valence-electron chi connectivity index (χ3n) is 4.77. The van der Waals surface area contributed by atoms with Gasteiger partial charge in [0.1, 0.15) is 0 Å². The highest BCUT2D eigenvalue weighted by Gasteiger charge is 2.23. The van der Waals surface area contributed by atoms with Crippen LogP contribution in [0.25, 0.3) is 10.9 Å². The maximum absolute atomic E-state index is 12.6. The molecule has 5 nitrogen and oxygen atoms in total. The van der Waals surface area contributed by atoms with Crippen molar-refractivity contribution >= 4 is 16.8 Å². The minimum absolute atomic E-state index is 0.221. The smallest absolute Gasteiger partial charge is 0.227 e. The highest BCUT2D eigenvalue weighted by molar-refractivity contribution is 5.88. The summed E-state index contributed by atoms with van der Waals surface area (Å²) in [5.74, 6) is 0.775. The Hall–Kier alpha value is -1.85. The lowest BCUT2D eigenvalue weighted by Gasteiger charge is -2.32. The number of fused-ring (bicyclic) bond motifs is 1. The number of H-pyrrole nitrogens is 1. The van der Waals surface area contributed by atoms with Gasteiger partial charge in [-0.05, 0) is 30.4 Å². The second-order valence-electron chi connectivity index (χ2n) is 6.43. The zero-order valence-electron chi connectivity index (χ0n) is 14.3. The third-order valence-corrected chi connectivity index (χ3v) is 4.77. The first kappa shape index (κ1) is 17.0. The van der Waals surface area contributed by atoms with E-state index in [1.54, 1.807) is 7.11 Å². The first-order chi connectivity index (χ1) is 11.8. The Morgan fingerprint density at radius 3 is 2.83 bits per heavy atom. The molecule has 1 saturated heterocycles. The summed E-state index contributed by atoms with van der Waals surface area (Å²) in [6.45, 7) is 3.73. The molecule has 130 valence electrons. The number of methoxy groups -OCH3 is 1. The first-order valence-corrected chi connectivity index (χ1v) is 8.67. The Balaban J connectivity index is 1.47. The second-order valence-corrected chi connectivity index (χ2v) is 6.43. The molecular weight excluding hydrogens is 304 g/mol. The number of aromatic amines is 1. The van der Waals surface area contributed by atoms with E-state index >= 15 is 0 Å². The van der Waals surface area contributed by atoms with E-state index in [2.05, 4.69) is 11.1 Å². The molecule has 1 aromatic carbocycles. The van der Waals surface area contributed by atoms with Gasteiger partial charge >= 0.3 is 0 Å². The summed E-state index contributed by atoms with van der Waals surface area (Å²) < 4.78 is 10.6. The molecule has 0 bridgehead atoms. The maximum Gasteiger partial charge on any atom is 0.227 e. The van der Waals surface area contributed by atoms with Crippen LogP contribution in [0.5, 0.6) is 0 Å². The average molecular weight is 330 g/mol. The maximum atomic E-state index is 12.6. The van der Waals surface area contributed by atoms with Crippen molar-refractivity contribution in [3.05, 3.63) is 36.0 Å². The molecule has 1 aliphatic heterocycles. The SMILES string of the molecule is COCCOCC1CCN(C(=O)Cc2c[nH]c3ccccc23)CC1. The topological polar surface area (TPSA) is 54.6 Å². The number of nitrogens with zero attached hydrogens (tertiary/aromatic N) is 1. The van der Waals surface area contributed by atoms with Gasteiger partial charge in [-0.15, -0.1) is 0 Å². The predicted octanol–water partition coefficient (Wildman–Crippen LogP) is 2.61. The quantitative estimate of drug-likeness (QED) is 0.794. The molecule has 1 N–H and O–H groups in total. The van der Waals surface area contributed by atoms with Gasteiger partial charge < -0.3 is 19.4 Å². The largest absolute Gasteiger partial charge is 0.382 e. The summed E-state index contributed by atoms with van der Waals surface area (Å²) in [7, 11) is 1.68. The highest BCUT2D eigenvalue weighted by Crippen LogP contribution is 2.21. The number of carbonyl (C=O) groups is 1. The number of nitrogens with one attached hydrogen (secondary N) is 1. The fraction of sp³-hybridized carbons (Fsp3) is 0.526. The third kappa shape index (κ3) is 4.16. The number of para-hydroxylation sites is 1. The van der Waals surface area contributed by atoms with E-state index in [0.29, 0.717) is 25.6 Å². The molecule has 0 unspecified atom stereocenters. The molecule has 1 fully saturated rings. The van der Waals surface area contributed by atoms with Crippen LogP contribution in [0.1, 0.15) is 18.4 Å². The number of benzene rings is 1. The molecule has 5 heteroatoms. The lowest BCUT2D eigenvalue weighted by atomic mass is 9.97. The van der Waals surface area contributed by atoms with Gasteiger partial charge in [-0.2, -0.15) is 0 Å². The number of amides is 1. The van der Waals surface area contributed by atoms with E-state index in [9.17, 15) is 4.79 Å². The normalized spacial score (nSPS) is 16.0. The van der Waals surface area contributed by atoms with E-state index in [1.807, 2.05) is 29.3 Å². The molecule has 2 aromatic rings. The van der Waals surface area contributed by atoms with Crippen LogP contribution < -0.4 is 0 Å². The Labute approximate surface area is 142 Å². The summed E-state index contributed by atoms with van der Waals surface area (Å²) in [6.07, 6.45) is 4.47. The van der Waals surface area contributed by atoms with E-state index < -0.39 is 0 Å². The highest BCUT2D eigenvalue weighted by atomic mass is 16.5. The zero-order valence-corrected chi connectivity index (χ0v) is 14.3. The number of hydrogen-bond donors (Lipinski definition) is 1. The van der Waals surface area contributed by atoms with Crippen molar-refractivity contribution in [1.82, 2.24) is 9.88 Å². The van der Waals surface area contributed by atoms with Gasteiger partial charge in [-0.1, -0.05) is 18.2 Å². The van der Waals surface area contributed by atoms with E-state index in [0.717, 1.165) is 49.0 Å². The summed E-state index contributed by atoms with van der Waals surface area (Å²) in [4.78, 5) is 17.8. The fourth-order valence-corrected chi connectivity index (χ4v) is 3.29. The zero-order chi connectivity index (χ0) is 16.8. The van der Waals surface area contributed by atoms with Crippen LogP contribution in [0.3, 0.4) is 0 Å². The number of aromatic nitrogens is 1. The van der Waals surface area contributed by atoms with Crippen molar-refractivity contribution in [3.8, 4) is 0 Å². The van der Waals surface area contributed by atoms with E-state index in [4.69, 9.17) is 9.47 Å². The van der Waals surface area contributed by atoms with Crippen LogP contribution in [0, 0.1) is 5.92 Å². The van der Waals surface area contributed by atoms with Crippen LogP contribution in [-0.4, -0.2) is 55.8 Å². The molecule has 0 aliphatic carbocycles. The number of hydrogen-bond acceptors (Lipinski definition) is 3. The monoisotopic (exact) mass is 330 g/mol. The Morgan fingerprint density at radius 1 is 1.25 bits per heavy atom. The average Bonchev–Trinajstić information content (AvgIpc) is 3.02. The number of ether oxygens (including phenoxy) is 2. The number of piperidine rings is 1. The molecule has 3 rings (SSSR count). The van der Waals surface area contributed by atoms with Crippen molar-refractivity contribution in [1.29, 1.82) is 0 Å². The van der Waals surface area contributed by atoms with Crippen LogP contribution in [0.4, 0.5) is 0 Å². The molecule has 1 aliphatic rings. The van der Waals surface area contributed by atoms with Gasteiger partial charge in [-0.25, -0.2) is 0 Å². The molecular formula is C19H26N2O3. The van der Waals surface area contributed by atoms with Crippen LogP contribution in [0.2, 0.25) is 0 Å². The molecule has 0 radical (unpaired) electrons. The minimum atomic E-state index is 0.221. The van der Waals surface area contributed by atoms with Crippen LogP contribution >= 0.6 is 0 Å². The van der Waals surface area contributed by atoms with Crippen LogP contribution in [-0.2, 0) is 20.7 Å². The molecule has 1 amide bonds. The van der Waals surface area contributed by atoms with Crippen molar-refractivity contribution in [2.45, 2.75) is 19.3 Å². The van der Waals surface area contributed by atoms with Gasteiger partial charge in [0, 0.05) is 43.9 Å². The van der Waals surface area contributed by atoms with Crippen LogP contribution in [0.15, 0.2) is 30.5 Å². The Kier molecular flexibility index (Phi) is 5.88. The summed E-state index contributed by atoms with van der Waals surface area (Å²) in [5.41, 5.74) is 2.17. The molecule has 0 atom stereocenters. The minimum Gasteiger partial charge on any atom is -0.382 e. The van der Waals surface area contributed by atoms with E-state index in [1.165, 1.54) is 0 Å². The number of rotatable bonds is 7. The molecule has 0 saturated carbocycles. The molecule has 1 aromatic heterocycles. The van der Waals surface area contributed by atoms with Crippen molar-refractivity contribution in [2.75, 3.05) is 40.0 Å². The number of carbonyl (C=O) groups excluding carboxylic acids is 1. The lowest BCUT2D eigenvalue weighted by molar-refractivity contribution is -0.132. The molecule has 0 spiro atoms. The lowest BCUT2D eigenvalue weighted by Crippen LogP contribution is -2.40. The standard InChI is InChI=1S/C19H26N2O3/c1-23-10-11-24-14-15-6-8-21(9-7-15)19(22)12-16-13-20-18-5-3-2-4-17(16)18/h2-5,13,15,20H,6-12,14H2,1H3. The fourth-order valence-electron chi connectivity index (χ4n) is 3.29. The number of likely N-dealkylation sites (tertiary alicyclic amines) is 1. The van der Waals surface area contributed by atoms with Gasteiger partial charge in [0.25, 0.3) is 0 Å². The van der Waals surface area contributed by atoms with Crippen molar-refractivity contribution in [3.63, 3.8) is 0 Å². The second kappa shape index (κ2) is 8.31. The summed E-state index contributed by atoms with van der Waals surface area (Å²) in [6, 6.07) is 8.12. The van der Waals surface area contributed by atoms with Gasteiger partial charge in [0.15, 0.2) is 0 Å².